The third-order valence-electron chi connectivity index (χ3n) is 6.23. The number of ketones is 1. The number of likely N-dealkylation sites (N-methyl/N-ethyl adjacent to an activating group) is 1. The molecule has 0 aliphatic carbocycles. The topological polar surface area (TPSA) is 79.8 Å². The van der Waals surface area contributed by atoms with Crippen LogP contribution in [0.3, 0.4) is 0 Å². The van der Waals surface area contributed by atoms with Crippen molar-refractivity contribution in [1.82, 2.24) is 9.29 Å². The number of fused-ring (bicyclic) bond motifs is 1. The highest BCUT2D eigenvalue weighted by atomic mass is 32.2. The van der Waals surface area contributed by atoms with Gasteiger partial charge in [0.25, 0.3) is 0 Å². The van der Waals surface area contributed by atoms with Crippen LogP contribution in [0.15, 0.2) is 64.3 Å². The number of nitrogens with zero attached hydrogens (tertiary/aromatic N) is 3. The summed E-state index contributed by atoms with van der Waals surface area (Å²) in [6.07, 6.45) is 3.10. The van der Waals surface area contributed by atoms with E-state index in [1.165, 1.54) is 27.8 Å². The number of sulfonamides is 1. The smallest absolute Gasteiger partial charge is 0.244 e. The molecule has 1 aromatic heterocycles. The lowest BCUT2D eigenvalue weighted by Gasteiger charge is -2.25. The van der Waals surface area contributed by atoms with Crippen LogP contribution in [-0.2, 0) is 25.0 Å². The number of hydrogen-bond donors (Lipinski definition) is 0. The Labute approximate surface area is 199 Å². The predicted molar refractivity (Wildman–Crippen MR) is 130 cm³/mol. The van der Waals surface area contributed by atoms with E-state index in [-0.39, 0.29) is 21.3 Å². The number of thioether (sulfide) groups is 1. The van der Waals surface area contributed by atoms with Crippen LogP contribution in [0.4, 0.5) is 5.69 Å². The molecular formula is C24H29N3O4S2. The summed E-state index contributed by atoms with van der Waals surface area (Å²) in [7, 11) is -1.60. The van der Waals surface area contributed by atoms with Crippen molar-refractivity contribution in [2.45, 2.75) is 41.4 Å². The molecule has 3 heterocycles. The molecule has 9 heteroatoms. The van der Waals surface area contributed by atoms with Gasteiger partial charge in [0.15, 0.2) is 5.78 Å². The van der Waals surface area contributed by atoms with Crippen molar-refractivity contribution in [2.75, 3.05) is 38.3 Å². The molecule has 2 aliphatic rings. The fourth-order valence-corrected chi connectivity index (χ4v) is 6.44. The molecule has 0 amide bonds. The molecular weight excluding hydrogens is 458 g/mol. The highest BCUT2D eigenvalue weighted by molar-refractivity contribution is 8.00. The summed E-state index contributed by atoms with van der Waals surface area (Å²) in [6.45, 7) is 7.57. The van der Waals surface area contributed by atoms with Gasteiger partial charge in [0, 0.05) is 49.2 Å². The molecule has 0 N–H and O–H groups in total. The van der Waals surface area contributed by atoms with E-state index in [0.29, 0.717) is 31.3 Å². The standard InChI is InChI=1S/C24H29N3O4S2/c1-17(21(28)15-22-24(2,3)19-7-5-6-8-20(19)26(22)4)32-23-10-9-18(16-25-23)33(29,30)27-11-13-31-14-12-27/h5-10,15-17H,11-14H2,1-4H3/b22-15+. The summed E-state index contributed by atoms with van der Waals surface area (Å²) in [5, 5.41) is 0.247. The quantitative estimate of drug-likeness (QED) is 0.456. The average molecular weight is 488 g/mol. The molecule has 7 nitrogen and oxygen atoms in total. The zero-order chi connectivity index (χ0) is 23.8. The van der Waals surface area contributed by atoms with Gasteiger partial charge in [-0.1, -0.05) is 43.8 Å². The van der Waals surface area contributed by atoms with Crippen molar-refractivity contribution >= 4 is 33.3 Å². The van der Waals surface area contributed by atoms with Crippen LogP contribution in [0.2, 0.25) is 0 Å². The van der Waals surface area contributed by atoms with E-state index < -0.39 is 10.0 Å². The summed E-state index contributed by atoms with van der Waals surface area (Å²) >= 11 is 1.32. The molecule has 33 heavy (non-hydrogen) atoms. The SMILES string of the molecule is CC(Sc1ccc(S(=O)(=O)N2CCOCC2)cn1)C(=O)/C=C1/N(C)c2ccccc2C1(C)C. The number of carbonyl (C=O) groups excluding carboxylic acids is 1. The molecule has 2 aliphatic heterocycles. The Morgan fingerprint density at radius 1 is 1.18 bits per heavy atom. The number of hydrogen-bond acceptors (Lipinski definition) is 7. The van der Waals surface area contributed by atoms with E-state index in [4.69, 9.17) is 4.74 Å². The number of para-hydroxylation sites is 1. The van der Waals surface area contributed by atoms with E-state index >= 15 is 0 Å². The lowest BCUT2D eigenvalue weighted by atomic mass is 9.83. The van der Waals surface area contributed by atoms with Gasteiger partial charge in [-0.2, -0.15) is 4.31 Å². The molecule has 1 unspecified atom stereocenters. The maximum Gasteiger partial charge on any atom is 0.244 e. The van der Waals surface area contributed by atoms with Crippen molar-refractivity contribution in [3.8, 4) is 0 Å². The van der Waals surface area contributed by atoms with Crippen LogP contribution < -0.4 is 4.90 Å². The number of ether oxygens (including phenoxy) is 1. The number of pyridine rings is 1. The lowest BCUT2D eigenvalue weighted by molar-refractivity contribution is -0.114. The first-order valence-electron chi connectivity index (χ1n) is 10.9. The Hall–Kier alpha value is -2.20. The summed E-state index contributed by atoms with van der Waals surface area (Å²) in [4.78, 5) is 19.6. The monoisotopic (exact) mass is 487 g/mol. The van der Waals surface area contributed by atoms with Crippen LogP contribution in [-0.4, -0.2) is 62.1 Å². The molecule has 1 atom stereocenters. The van der Waals surface area contributed by atoms with Gasteiger partial charge in [0.1, 0.15) is 4.90 Å². The van der Waals surface area contributed by atoms with Crippen molar-refractivity contribution in [1.29, 1.82) is 0 Å². The number of aromatic nitrogens is 1. The van der Waals surface area contributed by atoms with Crippen molar-refractivity contribution in [3.63, 3.8) is 0 Å². The number of anilines is 1. The third-order valence-corrected chi connectivity index (χ3v) is 9.19. The fraction of sp³-hybridized carbons (Fsp3) is 0.417. The van der Waals surface area contributed by atoms with Crippen LogP contribution in [0, 0.1) is 0 Å². The minimum atomic E-state index is -3.59. The van der Waals surface area contributed by atoms with E-state index in [2.05, 4.69) is 35.9 Å². The van der Waals surface area contributed by atoms with Gasteiger partial charge in [-0.05, 0) is 30.7 Å². The van der Waals surface area contributed by atoms with Crippen molar-refractivity contribution in [2.24, 2.45) is 0 Å². The fourth-order valence-electron chi connectivity index (χ4n) is 4.28. The van der Waals surface area contributed by atoms with Crippen LogP contribution in [0.25, 0.3) is 0 Å². The van der Waals surface area contributed by atoms with Gasteiger partial charge in [0.2, 0.25) is 10.0 Å². The Bertz CT molecular complexity index is 1170. The zero-order valence-corrected chi connectivity index (χ0v) is 20.9. The molecule has 1 saturated heterocycles. The highest BCUT2D eigenvalue weighted by Crippen LogP contribution is 2.46. The first kappa shape index (κ1) is 23.9. The Morgan fingerprint density at radius 2 is 1.88 bits per heavy atom. The first-order valence-corrected chi connectivity index (χ1v) is 13.2. The Morgan fingerprint density at radius 3 is 2.52 bits per heavy atom. The van der Waals surface area contributed by atoms with Gasteiger partial charge in [0.05, 0.1) is 23.5 Å². The third kappa shape index (κ3) is 4.59. The largest absolute Gasteiger partial charge is 0.379 e. The van der Waals surface area contributed by atoms with Crippen LogP contribution in [0.5, 0.6) is 0 Å². The van der Waals surface area contributed by atoms with Gasteiger partial charge in [-0.3, -0.25) is 4.79 Å². The number of rotatable bonds is 6. The number of allylic oxidation sites excluding steroid dienone is 2. The second kappa shape index (κ2) is 9.21. The molecule has 176 valence electrons. The summed E-state index contributed by atoms with van der Waals surface area (Å²) in [5.74, 6) is -0.00505. The van der Waals surface area contributed by atoms with Crippen LogP contribution >= 0.6 is 11.8 Å². The zero-order valence-electron chi connectivity index (χ0n) is 19.3. The maximum atomic E-state index is 13.1. The van der Waals surface area contributed by atoms with Crippen molar-refractivity contribution in [3.05, 3.63) is 59.9 Å². The number of morpholine rings is 1. The molecule has 4 rings (SSSR count). The minimum Gasteiger partial charge on any atom is -0.379 e. The molecule has 0 spiro atoms. The highest BCUT2D eigenvalue weighted by Gasteiger charge is 2.38. The molecule has 0 saturated carbocycles. The molecule has 1 aromatic carbocycles. The molecule has 0 bridgehead atoms. The van der Waals surface area contributed by atoms with Gasteiger partial charge in [-0.25, -0.2) is 13.4 Å². The Kier molecular flexibility index (Phi) is 6.68. The first-order chi connectivity index (χ1) is 15.6. The Balaban J connectivity index is 1.46. The normalized spacial score (nSPS) is 20.6. The van der Waals surface area contributed by atoms with Gasteiger partial charge < -0.3 is 9.64 Å². The number of carbonyl (C=O) groups is 1. The van der Waals surface area contributed by atoms with Gasteiger partial charge >= 0.3 is 0 Å². The number of benzene rings is 1. The van der Waals surface area contributed by atoms with Crippen molar-refractivity contribution < 1.29 is 17.9 Å². The average Bonchev–Trinajstić information content (AvgIpc) is 3.00. The van der Waals surface area contributed by atoms with E-state index in [1.54, 1.807) is 18.2 Å². The minimum absolute atomic E-state index is 0.00505. The lowest BCUT2D eigenvalue weighted by Crippen LogP contribution is -2.40. The van der Waals surface area contributed by atoms with E-state index in [0.717, 1.165) is 11.4 Å². The maximum absolute atomic E-state index is 13.1. The molecule has 0 radical (unpaired) electrons. The summed E-state index contributed by atoms with van der Waals surface area (Å²) in [5.41, 5.74) is 3.01. The summed E-state index contributed by atoms with van der Waals surface area (Å²) < 4.78 is 32.2. The second-order valence-corrected chi connectivity index (χ2v) is 12.0. The second-order valence-electron chi connectivity index (χ2n) is 8.74. The van der Waals surface area contributed by atoms with Crippen LogP contribution in [0.1, 0.15) is 26.3 Å². The molecule has 2 aromatic rings. The predicted octanol–water partition coefficient (Wildman–Crippen LogP) is 3.46. The molecule has 1 fully saturated rings. The summed E-state index contributed by atoms with van der Waals surface area (Å²) in [6, 6.07) is 11.4. The van der Waals surface area contributed by atoms with E-state index in [1.807, 2.05) is 26.1 Å². The van der Waals surface area contributed by atoms with Gasteiger partial charge in [-0.15, -0.1) is 0 Å². The van der Waals surface area contributed by atoms with E-state index in [9.17, 15) is 13.2 Å².